The number of aromatic hydroxyl groups is 1. The van der Waals surface area contributed by atoms with Crippen LogP contribution >= 0.6 is 11.6 Å². The molecule has 2 nitrogen and oxygen atoms in total. The Morgan fingerprint density at radius 3 is 2.57 bits per heavy atom. The molecule has 7 heavy (non-hydrogen) atoms. The Morgan fingerprint density at radius 1 is 1.71 bits per heavy atom. The molecule has 1 heterocycles. The Bertz CT molecular complexity index is 142. The van der Waals surface area contributed by atoms with E-state index in [9.17, 15) is 0 Å². The molecule has 0 spiro atoms. The van der Waals surface area contributed by atoms with Crippen LogP contribution in [0.4, 0.5) is 0 Å². The molecule has 0 fully saturated rings. The summed E-state index contributed by atoms with van der Waals surface area (Å²) in [4.78, 5) is 0. The zero-order valence-electron chi connectivity index (χ0n) is 3.39. The van der Waals surface area contributed by atoms with Crippen molar-refractivity contribution in [2.24, 2.45) is 0 Å². The molecule has 1 N–H and O–H groups in total. The van der Waals surface area contributed by atoms with Crippen LogP contribution in [0.1, 0.15) is 0 Å². The van der Waals surface area contributed by atoms with Gasteiger partial charge in [0, 0.05) is 6.07 Å². The summed E-state index contributed by atoms with van der Waals surface area (Å²) in [5, 5.41) is 8.58. The minimum Gasteiger partial charge on any atom is -0.504 e. The Balaban J connectivity index is 3.12. The third kappa shape index (κ3) is 0.695. The fourth-order valence-corrected chi connectivity index (χ4v) is 0.399. The summed E-state index contributed by atoms with van der Waals surface area (Å²) in [6.45, 7) is 0. The summed E-state index contributed by atoms with van der Waals surface area (Å²) in [5.74, 6) is -0.0123. The maximum absolute atomic E-state index is 8.53. The smallest absolute Gasteiger partial charge is 0.235 e. The molecule has 0 amide bonds. The van der Waals surface area contributed by atoms with Crippen LogP contribution < -0.4 is 0 Å². The summed E-state index contributed by atoms with van der Waals surface area (Å²) in [6, 6.07) is 1.38. The first-order chi connectivity index (χ1) is 3.30. The predicted octanol–water partition coefficient (Wildman–Crippen LogP) is 1.64. The van der Waals surface area contributed by atoms with E-state index < -0.39 is 0 Å². The molecule has 3 heteroatoms. The van der Waals surface area contributed by atoms with E-state index in [0.717, 1.165) is 0 Å². The molecular weight excluding hydrogens is 115 g/mol. The van der Waals surface area contributed by atoms with E-state index in [1.165, 1.54) is 12.3 Å². The lowest BCUT2D eigenvalue weighted by molar-refractivity contribution is 0.459. The van der Waals surface area contributed by atoms with Gasteiger partial charge in [-0.1, -0.05) is 0 Å². The van der Waals surface area contributed by atoms with Crippen LogP contribution in [0.5, 0.6) is 5.75 Å². The average Bonchev–Trinajstić information content (AvgIpc) is 1.91. The van der Waals surface area contributed by atoms with Crippen molar-refractivity contribution >= 4 is 11.6 Å². The molecule has 0 saturated heterocycles. The van der Waals surface area contributed by atoms with Crippen molar-refractivity contribution in [2.75, 3.05) is 0 Å². The largest absolute Gasteiger partial charge is 0.504 e. The van der Waals surface area contributed by atoms with Crippen molar-refractivity contribution in [1.29, 1.82) is 0 Å². The third-order valence-electron chi connectivity index (χ3n) is 0.599. The molecular formula is C4H3ClO2. The zero-order valence-corrected chi connectivity index (χ0v) is 4.14. The van der Waals surface area contributed by atoms with Crippen LogP contribution in [0.3, 0.4) is 0 Å². The molecule has 0 aliphatic heterocycles. The van der Waals surface area contributed by atoms with E-state index in [1.54, 1.807) is 0 Å². The number of furan rings is 1. The quantitative estimate of drug-likeness (QED) is 0.562. The van der Waals surface area contributed by atoms with Gasteiger partial charge in [-0.05, 0) is 11.6 Å². The van der Waals surface area contributed by atoms with Crippen LogP contribution in [-0.4, -0.2) is 5.11 Å². The number of hydrogen-bond donors (Lipinski definition) is 1. The van der Waals surface area contributed by atoms with E-state index in [1.807, 2.05) is 0 Å². The van der Waals surface area contributed by atoms with Crippen LogP contribution in [0.15, 0.2) is 16.7 Å². The highest BCUT2D eigenvalue weighted by Gasteiger charge is 1.95. The monoisotopic (exact) mass is 118 g/mol. The summed E-state index contributed by atoms with van der Waals surface area (Å²) >= 11 is 5.21. The Kier molecular flexibility index (Phi) is 0.947. The Labute approximate surface area is 45.3 Å². The molecule has 1 aromatic heterocycles. The van der Waals surface area contributed by atoms with Gasteiger partial charge in [-0.15, -0.1) is 0 Å². The second-order valence-corrected chi connectivity index (χ2v) is 1.42. The Hall–Kier alpha value is -0.630. The minimum atomic E-state index is -0.0123. The van der Waals surface area contributed by atoms with Gasteiger partial charge in [-0.25, -0.2) is 0 Å². The van der Waals surface area contributed by atoms with Gasteiger partial charge in [0.25, 0.3) is 0 Å². The van der Waals surface area contributed by atoms with Crippen molar-refractivity contribution in [3.8, 4) is 5.75 Å². The van der Waals surface area contributed by atoms with Crippen LogP contribution in [0.25, 0.3) is 0 Å². The number of halogens is 1. The van der Waals surface area contributed by atoms with Gasteiger partial charge in [0.2, 0.25) is 5.22 Å². The molecule has 0 radical (unpaired) electrons. The standard InChI is InChI=1S/C4H3ClO2/c5-4-3(6)1-2-7-4/h1-2,6H. The highest BCUT2D eigenvalue weighted by molar-refractivity contribution is 6.30. The normalized spacial score (nSPS) is 9.29. The number of rotatable bonds is 0. The molecule has 0 bridgehead atoms. The Morgan fingerprint density at radius 2 is 2.43 bits per heavy atom. The van der Waals surface area contributed by atoms with Crippen molar-refractivity contribution in [2.45, 2.75) is 0 Å². The van der Waals surface area contributed by atoms with E-state index in [2.05, 4.69) is 4.42 Å². The van der Waals surface area contributed by atoms with E-state index in [4.69, 9.17) is 16.7 Å². The molecule has 0 aliphatic rings. The van der Waals surface area contributed by atoms with Gasteiger partial charge in [0.1, 0.15) is 0 Å². The second-order valence-electron chi connectivity index (χ2n) is 1.08. The maximum Gasteiger partial charge on any atom is 0.235 e. The summed E-state index contributed by atoms with van der Waals surface area (Å²) in [6.07, 6.45) is 1.32. The highest BCUT2D eigenvalue weighted by atomic mass is 35.5. The average molecular weight is 119 g/mol. The second kappa shape index (κ2) is 1.46. The van der Waals surface area contributed by atoms with E-state index >= 15 is 0 Å². The lowest BCUT2D eigenvalue weighted by Gasteiger charge is -1.75. The summed E-state index contributed by atoms with van der Waals surface area (Å²) in [5.41, 5.74) is 0. The lowest BCUT2D eigenvalue weighted by Crippen LogP contribution is -1.48. The van der Waals surface area contributed by atoms with Gasteiger partial charge in [0.05, 0.1) is 6.26 Å². The zero-order chi connectivity index (χ0) is 5.28. The topological polar surface area (TPSA) is 33.4 Å². The molecule has 0 saturated carbocycles. The number of hydrogen-bond acceptors (Lipinski definition) is 2. The molecule has 0 aliphatic carbocycles. The fraction of sp³-hybridized carbons (Fsp3) is 0. The van der Waals surface area contributed by atoms with Crippen LogP contribution in [0, 0.1) is 0 Å². The summed E-state index contributed by atoms with van der Waals surface area (Å²) < 4.78 is 4.48. The molecule has 0 aromatic carbocycles. The van der Waals surface area contributed by atoms with Gasteiger partial charge >= 0.3 is 0 Å². The van der Waals surface area contributed by atoms with Crippen molar-refractivity contribution in [1.82, 2.24) is 0 Å². The van der Waals surface area contributed by atoms with Crippen molar-refractivity contribution < 1.29 is 9.52 Å². The van der Waals surface area contributed by atoms with Gasteiger partial charge in [-0.2, -0.15) is 0 Å². The van der Waals surface area contributed by atoms with E-state index in [0.29, 0.717) is 0 Å². The molecule has 0 unspecified atom stereocenters. The van der Waals surface area contributed by atoms with Crippen molar-refractivity contribution in [3.63, 3.8) is 0 Å². The van der Waals surface area contributed by atoms with Crippen molar-refractivity contribution in [3.05, 3.63) is 17.5 Å². The van der Waals surface area contributed by atoms with Gasteiger partial charge in [-0.3, -0.25) is 0 Å². The van der Waals surface area contributed by atoms with E-state index in [-0.39, 0.29) is 11.0 Å². The highest BCUT2D eigenvalue weighted by Crippen LogP contribution is 2.22. The third-order valence-corrected chi connectivity index (χ3v) is 0.882. The molecule has 1 aromatic rings. The van der Waals surface area contributed by atoms with Gasteiger partial charge in [0.15, 0.2) is 5.75 Å². The molecule has 38 valence electrons. The van der Waals surface area contributed by atoms with Crippen LogP contribution in [-0.2, 0) is 0 Å². The fourth-order valence-electron chi connectivity index (χ4n) is 0.284. The first kappa shape index (κ1) is 4.53. The lowest BCUT2D eigenvalue weighted by atomic mass is 10.6. The maximum atomic E-state index is 8.53. The molecule has 0 atom stereocenters. The molecule has 1 rings (SSSR count). The van der Waals surface area contributed by atoms with Crippen LogP contribution in [0.2, 0.25) is 5.22 Å². The SMILES string of the molecule is Oc1ccoc1Cl. The summed E-state index contributed by atoms with van der Waals surface area (Å²) in [7, 11) is 0. The predicted molar refractivity (Wildman–Crippen MR) is 25.4 cm³/mol. The minimum absolute atomic E-state index is 0.0123. The van der Waals surface area contributed by atoms with Gasteiger partial charge < -0.3 is 9.52 Å². The first-order valence-electron chi connectivity index (χ1n) is 1.72. The first-order valence-corrected chi connectivity index (χ1v) is 2.10.